The van der Waals surface area contributed by atoms with E-state index in [1.807, 2.05) is 36.4 Å². The SMILES string of the molecule is CC(=O)N1c2ccccc2C[C@H]1C(=O)NCCc1ccco1. The van der Waals surface area contributed by atoms with Crippen LogP contribution in [-0.4, -0.2) is 24.4 Å². The summed E-state index contributed by atoms with van der Waals surface area (Å²) < 4.78 is 5.23. The molecule has 0 saturated heterocycles. The molecule has 5 heteroatoms. The van der Waals surface area contributed by atoms with Crippen molar-refractivity contribution >= 4 is 17.5 Å². The van der Waals surface area contributed by atoms with Crippen LogP contribution in [0.5, 0.6) is 0 Å². The summed E-state index contributed by atoms with van der Waals surface area (Å²) in [6.45, 7) is 1.98. The summed E-state index contributed by atoms with van der Waals surface area (Å²) in [5.74, 6) is 0.590. The van der Waals surface area contributed by atoms with Crippen molar-refractivity contribution in [1.29, 1.82) is 0 Å². The average Bonchev–Trinajstić information content (AvgIpc) is 3.13. The van der Waals surface area contributed by atoms with Crippen molar-refractivity contribution in [3.05, 3.63) is 54.0 Å². The van der Waals surface area contributed by atoms with Gasteiger partial charge >= 0.3 is 0 Å². The molecule has 2 amide bonds. The van der Waals surface area contributed by atoms with Crippen LogP contribution in [0.3, 0.4) is 0 Å². The zero-order valence-corrected chi connectivity index (χ0v) is 12.4. The van der Waals surface area contributed by atoms with Gasteiger partial charge in [0.25, 0.3) is 0 Å². The monoisotopic (exact) mass is 298 g/mol. The molecule has 0 aliphatic carbocycles. The smallest absolute Gasteiger partial charge is 0.243 e. The number of benzene rings is 1. The third kappa shape index (κ3) is 2.74. The highest BCUT2D eigenvalue weighted by Crippen LogP contribution is 2.32. The highest BCUT2D eigenvalue weighted by Gasteiger charge is 2.36. The fourth-order valence-electron chi connectivity index (χ4n) is 2.87. The summed E-state index contributed by atoms with van der Waals surface area (Å²) >= 11 is 0. The first-order valence-corrected chi connectivity index (χ1v) is 7.34. The molecule has 5 nitrogen and oxygen atoms in total. The molecule has 1 aliphatic heterocycles. The van der Waals surface area contributed by atoms with Gasteiger partial charge in [0.15, 0.2) is 0 Å². The molecule has 2 aromatic rings. The molecular weight excluding hydrogens is 280 g/mol. The molecule has 0 spiro atoms. The van der Waals surface area contributed by atoms with Crippen molar-refractivity contribution in [3.8, 4) is 0 Å². The number of amides is 2. The minimum absolute atomic E-state index is 0.115. The van der Waals surface area contributed by atoms with Crippen molar-refractivity contribution in [1.82, 2.24) is 5.32 Å². The fraction of sp³-hybridized carbons (Fsp3) is 0.294. The molecule has 0 fully saturated rings. The average molecular weight is 298 g/mol. The van der Waals surface area contributed by atoms with Gasteiger partial charge in [0.05, 0.1) is 6.26 Å². The van der Waals surface area contributed by atoms with E-state index in [1.54, 1.807) is 11.2 Å². The zero-order valence-electron chi connectivity index (χ0n) is 12.4. The van der Waals surface area contributed by atoms with Crippen LogP contribution in [0.1, 0.15) is 18.2 Å². The third-order valence-corrected chi connectivity index (χ3v) is 3.87. The minimum atomic E-state index is -0.466. The Labute approximate surface area is 128 Å². The highest BCUT2D eigenvalue weighted by atomic mass is 16.3. The number of furan rings is 1. The van der Waals surface area contributed by atoms with Crippen molar-refractivity contribution in [3.63, 3.8) is 0 Å². The van der Waals surface area contributed by atoms with Gasteiger partial charge in [0.1, 0.15) is 11.8 Å². The summed E-state index contributed by atoms with van der Waals surface area (Å²) in [6.07, 6.45) is 2.81. The molecule has 1 aromatic heterocycles. The second-order valence-corrected chi connectivity index (χ2v) is 5.36. The van der Waals surface area contributed by atoms with Gasteiger partial charge in [0, 0.05) is 32.0 Å². The van der Waals surface area contributed by atoms with E-state index in [2.05, 4.69) is 5.32 Å². The van der Waals surface area contributed by atoms with Crippen molar-refractivity contribution < 1.29 is 14.0 Å². The van der Waals surface area contributed by atoms with Crippen LogP contribution in [0.2, 0.25) is 0 Å². The van der Waals surface area contributed by atoms with Crippen LogP contribution in [0.25, 0.3) is 0 Å². The molecule has 0 unspecified atom stereocenters. The number of fused-ring (bicyclic) bond motifs is 1. The van der Waals surface area contributed by atoms with Crippen LogP contribution in [0.4, 0.5) is 5.69 Å². The maximum absolute atomic E-state index is 12.4. The first kappa shape index (κ1) is 14.4. The molecule has 0 bridgehead atoms. The van der Waals surface area contributed by atoms with Gasteiger partial charge in [-0.1, -0.05) is 18.2 Å². The standard InChI is InChI=1S/C17H18N2O3/c1-12(20)19-15-7-3-2-5-13(15)11-16(19)17(21)18-9-8-14-6-4-10-22-14/h2-7,10,16H,8-9,11H2,1H3,(H,18,21)/t16-/m0/s1. The molecule has 114 valence electrons. The van der Waals surface area contributed by atoms with Gasteiger partial charge in [-0.3, -0.25) is 14.5 Å². The summed E-state index contributed by atoms with van der Waals surface area (Å²) in [4.78, 5) is 25.9. The lowest BCUT2D eigenvalue weighted by molar-refractivity contribution is -0.125. The zero-order chi connectivity index (χ0) is 15.5. The lowest BCUT2D eigenvalue weighted by atomic mass is 10.1. The Kier molecular flexibility index (Phi) is 3.96. The predicted molar refractivity (Wildman–Crippen MR) is 82.5 cm³/mol. The maximum atomic E-state index is 12.4. The van der Waals surface area contributed by atoms with E-state index in [0.29, 0.717) is 19.4 Å². The number of hydrogen-bond donors (Lipinski definition) is 1. The Morgan fingerprint density at radius 2 is 2.09 bits per heavy atom. The quantitative estimate of drug-likeness (QED) is 0.938. The molecule has 3 rings (SSSR count). The van der Waals surface area contributed by atoms with Crippen molar-refractivity contribution in [2.75, 3.05) is 11.4 Å². The molecule has 1 aromatic carbocycles. The topological polar surface area (TPSA) is 62.6 Å². The normalized spacial score (nSPS) is 16.4. The molecule has 0 radical (unpaired) electrons. The first-order chi connectivity index (χ1) is 10.7. The van der Waals surface area contributed by atoms with Gasteiger partial charge in [-0.2, -0.15) is 0 Å². The van der Waals surface area contributed by atoms with E-state index >= 15 is 0 Å². The van der Waals surface area contributed by atoms with Gasteiger partial charge in [-0.05, 0) is 23.8 Å². The van der Waals surface area contributed by atoms with E-state index in [9.17, 15) is 9.59 Å². The Bertz CT molecular complexity index is 679. The van der Waals surface area contributed by atoms with E-state index < -0.39 is 6.04 Å². The number of rotatable bonds is 4. The van der Waals surface area contributed by atoms with E-state index in [4.69, 9.17) is 4.42 Å². The lowest BCUT2D eigenvalue weighted by Gasteiger charge is -2.23. The van der Waals surface area contributed by atoms with Crippen molar-refractivity contribution in [2.45, 2.75) is 25.8 Å². The first-order valence-electron chi connectivity index (χ1n) is 7.34. The molecule has 1 atom stereocenters. The van der Waals surface area contributed by atoms with Gasteiger partial charge in [-0.25, -0.2) is 0 Å². The molecule has 22 heavy (non-hydrogen) atoms. The predicted octanol–water partition coefficient (Wildman–Crippen LogP) is 1.92. The van der Waals surface area contributed by atoms with Gasteiger partial charge in [-0.15, -0.1) is 0 Å². The largest absolute Gasteiger partial charge is 0.469 e. The molecule has 2 heterocycles. The van der Waals surface area contributed by atoms with Crippen LogP contribution in [0.15, 0.2) is 47.1 Å². The van der Waals surface area contributed by atoms with Crippen LogP contribution >= 0.6 is 0 Å². The second-order valence-electron chi connectivity index (χ2n) is 5.36. The number of carbonyl (C=O) groups excluding carboxylic acids is 2. The molecule has 1 aliphatic rings. The fourth-order valence-corrected chi connectivity index (χ4v) is 2.87. The maximum Gasteiger partial charge on any atom is 0.243 e. The van der Waals surface area contributed by atoms with Crippen LogP contribution < -0.4 is 10.2 Å². The number of nitrogens with zero attached hydrogens (tertiary/aromatic N) is 1. The number of anilines is 1. The third-order valence-electron chi connectivity index (χ3n) is 3.87. The molecule has 0 saturated carbocycles. The highest BCUT2D eigenvalue weighted by molar-refractivity contribution is 6.02. The minimum Gasteiger partial charge on any atom is -0.469 e. The van der Waals surface area contributed by atoms with Gasteiger partial charge < -0.3 is 9.73 Å². The summed E-state index contributed by atoms with van der Waals surface area (Å²) in [5.41, 5.74) is 1.87. The number of para-hydroxylation sites is 1. The van der Waals surface area contributed by atoms with Gasteiger partial charge in [0.2, 0.25) is 11.8 Å². The van der Waals surface area contributed by atoms with E-state index in [1.165, 1.54) is 6.92 Å². The summed E-state index contributed by atoms with van der Waals surface area (Å²) in [7, 11) is 0. The van der Waals surface area contributed by atoms with Crippen LogP contribution in [-0.2, 0) is 22.4 Å². The Morgan fingerprint density at radius 1 is 1.27 bits per heavy atom. The number of nitrogens with one attached hydrogen (secondary N) is 1. The second kappa shape index (κ2) is 6.05. The van der Waals surface area contributed by atoms with E-state index in [0.717, 1.165) is 17.0 Å². The number of carbonyl (C=O) groups is 2. The summed E-state index contributed by atoms with van der Waals surface area (Å²) in [5, 5.41) is 2.89. The Morgan fingerprint density at radius 3 is 2.82 bits per heavy atom. The Hall–Kier alpha value is -2.56. The number of hydrogen-bond acceptors (Lipinski definition) is 3. The lowest BCUT2D eigenvalue weighted by Crippen LogP contribution is -2.47. The molecule has 1 N–H and O–H groups in total. The van der Waals surface area contributed by atoms with Crippen molar-refractivity contribution in [2.24, 2.45) is 0 Å². The van der Waals surface area contributed by atoms with Crippen LogP contribution in [0, 0.1) is 0 Å². The Balaban J connectivity index is 1.66. The summed E-state index contributed by atoms with van der Waals surface area (Å²) in [6, 6.07) is 10.9. The van der Waals surface area contributed by atoms with E-state index in [-0.39, 0.29) is 11.8 Å². The molecular formula is C17H18N2O3.